The molecule has 208 valence electrons. The van der Waals surface area contributed by atoms with Crippen LogP contribution in [0.1, 0.15) is 60.9 Å². The summed E-state index contributed by atoms with van der Waals surface area (Å²) in [5.74, 6) is 1.79. The first-order chi connectivity index (χ1) is 19.6. The number of aldehydes is 1. The van der Waals surface area contributed by atoms with Crippen LogP contribution in [-0.4, -0.2) is 53.6 Å². The molecule has 1 atom stereocenters. The molecule has 1 saturated heterocycles. The van der Waals surface area contributed by atoms with Crippen molar-refractivity contribution < 1.29 is 9.53 Å². The second-order valence-corrected chi connectivity index (χ2v) is 10.5. The Morgan fingerprint density at radius 2 is 2.00 bits per heavy atom. The van der Waals surface area contributed by atoms with Gasteiger partial charge in [0.15, 0.2) is 0 Å². The largest absolute Gasteiger partial charge is 0.495 e. The van der Waals surface area contributed by atoms with Crippen molar-refractivity contribution in [3.05, 3.63) is 83.4 Å². The molecule has 0 aliphatic carbocycles. The van der Waals surface area contributed by atoms with Gasteiger partial charge in [-0.15, -0.1) is 0 Å². The summed E-state index contributed by atoms with van der Waals surface area (Å²) >= 11 is 0. The summed E-state index contributed by atoms with van der Waals surface area (Å²) in [6.45, 7) is 5.35. The van der Waals surface area contributed by atoms with Gasteiger partial charge in [-0.05, 0) is 80.1 Å². The SMILES string of the molecule is CCCC(=N)C1CCN(CCc2ccc(Nc3nccc4c3C(C=O)NC=C4c3cncc(OC)c3)cc2)CC1. The van der Waals surface area contributed by atoms with E-state index in [0.717, 1.165) is 91.7 Å². The van der Waals surface area contributed by atoms with Crippen molar-refractivity contribution >= 4 is 29.1 Å². The number of piperidine rings is 1. The second kappa shape index (κ2) is 12.9. The van der Waals surface area contributed by atoms with Gasteiger partial charge in [0.2, 0.25) is 0 Å². The number of pyridine rings is 2. The number of hydrogen-bond donors (Lipinski definition) is 3. The molecule has 1 aromatic carbocycles. The Bertz CT molecular complexity index is 1360. The van der Waals surface area contributed by atoms with Crippen molar-refractivity contribution in [3.63, 3.8) is 0 Å². The van der Waals surface area contributed by atoms with Crippen LogP contribution in [0.5, 0.6) is 5.75 Å². The maximum Gasteiger partial charge on any atom is 0.146 e. The Balaban J connectivity index is 1.25. The van der Waals surface area contributed by atoms with Gasteiger partial charge in [0.1, 0.15) is 23.9 Å². The Hall–Kier alpha value is -4.04. The molecule has 2 aromatic heterocycles. The molecule has 2 aliphatic rings. The molecule has 40 heavy (non-hydrogen) atoms. The normalized spacial score (nSPS) is 17.4. The van der Waals surface area contributed by atoms with Gasteiger partial charge in [0.25, 0.3) is 0 Å². The number of ether oxygens (including phenoxy) is 1. The van der Waals surface area contributed by atoms with Gasteiger partial charge in [0, 0.05) is 53.2 Å². The molecule has 0 radical (unpaired) electrons. The highest BCUT2D eigenvalue weighted by molar-refractivity contribution is 5.88. The first kappa shape index (κ1) is 27.5. The lowest BCUT2D eigenvalue weighted by molar-refractivity contribution is -0.109. The predicted molar refractivity (Wildman–Crippen MR) is 159 cm³/mol. The number of benzene rings is 1. The quantitative estimate of drug-likeness (QED) is 0.218. The van der Waals surface area contributed by atoms with E-state index in [1.54, 1.807) is 25.7 Å². The fourth-order valence-electron chi connectivity index (χ4n) is 5.64. The fraction of sp³-hybridized carbons (Fsp3) is 0.375. The Kier molecular flexibility index (Phi) is 8.86. The lowest BCUT2D eigenvalue weighted by atomic mass is 9.89. The fourth-order valence-corrected chi connectivity index (χ4v) is 5.64. The summed E-state index contributed by atoms with van der Waals surface area (Å²) in [6.07, 6.45) is 13.2. The minimum Gasteiger partial charge on any atom is -0.495 e. The van der Waals surface area contributed by atoms with Crippen LogP contribution < -0.4 is 15.4 Å². The number of rotatable bonds is 11. The van der Waals surface area contributed by atoms with E-state index in [4.69, 9.17) is 10.1 Å². The van der Waals surface area contributed by atoms with Crippen LogP contribution in [0.15, 0.2) is 61.2 Å². The average Bonchev–Trinajstić information content (AvgIpc) is 3.00. The number of nitrogens with one attached hydrogen (secondary N) is 3. The van der Waals surface area contributed by atoms with Crippen LogP contribution in [0.25, 0.3) is 5.57 Å². The number of methoxy groups -OCH3 is 1. The number of carbonyl (C=O) groups is 1. The molecule has 3 N–H and O–H groups in total. The maximum atomic E-state index is 12.0. The molecular formula is C32H38N6O2. The van der Waals surface area contributed by atoms with Crippen LogP contribution in [0.4, 0.5) is 11.5 Å². The minimum absolute atomic E-state index is 0.478. The van der Waals surface area contributed by atoms with E-state index in [0.29, 0.717) is 17.5 Å². The van der Waals surface area contributed by atoms with Gasteiger partial charge in [-0.3, -0.25) is 4.98 Å². The predicted octanol–water partition coefficient (Wildman–Crippen LogP) is 5.54. The average molecular weight is 539 g/mol. The van der Waals surface area contributed by atoms with Crippen molar-refractivity contribution in [2.45, 2.75) is 45.1 Å². The zero-order chi connectivity index (χ0) is 27.9. The van der Waals surface area contributed by atoms with Gasteiger partial charge >= 0.3 is 0 Å². The molecule has 5 rings (SSSR count). The number of anilines is 2. The third-order valence-corrected chi connectivity index (χ3v) is 7.93. The molecule has 1 unspecified atom stereocenters. The van der Waals surface area contributed by atoms with E-state index >= 15 is 0 Å². The van der Waals surface area contributed by atoms with E-state index in [1.165, 1.54) is 5.56 Å². The third kappa shape index (κ3) is 6.23. The zero-order valence-electron chi connectivity index (χ0n) is 23.3. The van der Waals surface area contributed by atoms with Gasteiger partial charge in [-0.1, -0.05) is 25.5 Å². The van der Waals surface area contributed by atoms with E-state index in [-0.39, 0.29) is 0 Å². The summed E-state index contributed by atoms with van der Waals surface area (Å²) < 4.78 is 5.36. The van der Waals surface area contributed by atoms with E-state index in [1.807, 2.05) is 18.3 Å². The molecule has 2 aliphatic heterocycles. The smallest absolute Gasteiger partial charge is 0.146 e. The second-order valence-electron chi connectivity index (χ2n) is 10.5. The highest BCUT2D eigenvalue weighted by Crippen LogP contribution is 2.37. The van der Waals surface area contributed by atoms with Crippen molar-refractivity contribution in [2.75, 3.05) is 32.1 Å². The van der Waals surface area contributed by atoms with E-state index < -0.39 is 6.04 Å². The lowest BCUT2D eigenvalue weighted by Crippen LogP contribution is -2.37. The number of carbonyl (C=O) groups excluding carboxylic acids is 1. The maximum absolute atomic E-state index is 12.0. The summed E-state index contributed by atoms with van der Waals surface area (Å²) in [5.41, 5.74) is 6.69. The molecule has 0 saturated carbocycles. The van der Waals surface area contributed by atoms with Gasteiger partial charge in [-0.2, -0.15) is 0 Å². The Morgan fingerprint density at radius 3 is 2.73 bits per heavy atom. The first-order valence-corrected chi connectivity index (χ1v) is 14.2. The molecule has 1 fully saturated rings. The minimum atomic E-state index is -0.511. The Morgan fingerprint density at radius 1 is 1.20 bits per heavy atom. The van der Waals surface area contributed by atoms with E-state index in [2.05, 4.69) is 56.7 Å². The van der Waals surface area contributed by atoms with Crippen LogP contribution in [0, 0.1) is 11.3 Å². The Labute approximate surface area is 236 Å². The van der Waals surface area contributed by atoms with Crippen LogP contribution in [0.3, 0.4) is 0 Å². The zero-order valence-corrected chi connectivity index (χ0v) is 23.3. The molecule has 0 amide bonds. The number of hydrogen-bond acceptors (Lipinski definition) is 8. The van der Waals surface area contributed by atoms with Crippen molar-refractivity contribution in [1.29, 1.82) is 5.41 Å². The number of likely N-dealkylation sites (tertiary alicyclic amines) is 1. The molecule has 8 heteroatoms. The topological polar surface area (TPSA) is 103 Å². The molecule has 0 bridgehead atoms. The first-order valence-electron chi connectivity index (χ1n) is 14.2. The molecule has 4 heterocycles. The summed E-state index contributed by atoms with van der Waals surface area (Å²) in [4.78, 5) is 23.4. The lowest BCUT2D eigenvalue weighted by Gasteiger charge is -2.32. The number of fused-ring (bicyclic) bond motifs is 1. The molecule has 3 aromatic rings. The van der Waals surface area contributed by atoms with E-state index in [9.17, 15) is 4.79 Å². The van der Waals surface area contributed by atoms with Gasteiger partial charge in [-0.25, -0.2) is 4.98 Å². The molecular weight excluding hydrogens is 500 g/mol. The summed E-state index contributed by atoms with van der Waals surface area (Å²) in [6, 6.07) is 11.8. The van der Waals surface area contributed by atoms with Gasteiger partial charge in [0.05, 0.1) is 13.3 Å². The van der Waals surface area contributed by atoms with Crippen molar-refractivity contribution in [1.82, 2.24) is 20.2 Å². The standard InChI is InChI=1S/C32H38N6O2/c1-3-4-29(33)23-11-15-38(16-12-23)14-10-22-5-7-25(8-6-22)37-32-31-27(9-13-35-32)28(20-36-30(31)21-39)24-17-26(40-2)19-34-18-24/h5-9,13,17-21,23,30,33,36H,3-4,10-12,14-16H2,1-2H3,(H,35,37). The van der Waals surface area contributed by atoms with Crippen molar-refractivity contribution in [2.24, 2.45) is 5.92 Å². The number of aromatic nitrogens is 2. The highest BCUT2D eigenvalue weighted by Gasteiger charge is 2.26. The van der Waals surface area contributed by atoms with Crippen LogP contribution >= 0.6 is 0 Å². The summed E-state index contributed by atoms with van der Waals surface area (Å²) in [7, 11) is 1.62. The van der Waals surface area contributed by atoms with Crippen LogP contribution in [-0.2, 0) is 11.2 Å². The molecule has 8 nitrogen and oxygen atoms in total. The molecule has 0 spiro atoms. The van der Waals surface area contributed by atoms with Gasteiger partial charge < -0.3 is 30.5 Å². The summed E-state index contributed by atoms with van der Waals surface area (Å²) in [5, 5.41) is 14.9. The highest BCUT2D eigenvalue weighted by atomic mass is 16.5. The monoisotopic (exact) mass is 538 g/mol. The van der Waals surface area contributed by atoms with Crippen molar-refractivity contribution in [3.8, 4) is 5.75 Å². The third-order valence-electron chi connectivity index (χ3n) is 7.93. The number of nitrogens with zero attached hydrogens (tertiary/aromatic N) is 3. The van der Waals surface area contributed by atoms with Crippen LogP contribution in [0.2, 0.25) is 0 Å².